The van der Waals surface area contributed by atoms with E-state index in [1.165, 1.54) is 23.1 Å². The van der Waals surface area contributed by atoms with Crippen LogP contribution in [0.3, 0.4) is 0 Å². The lowest BCUT2D eigenvalue weighted by atomic mass is 10.1. The van der Waals surface area contributed by atoms with Gasteiger partial charge in [0.05, 0.1) is 4.92 Å². The molecule has 0 aliphatic heterocycles. The Morgan fingerprint density at radius 3 is 2.52 bits per heavy atom. The highest BCUT2D eigenvalue weighted by Crippen LogP contribution is 2.23. The van der Waals surface area contributed by atoms with Gasteiger partial charge in [0.2, 0.25) is 0 Å². The molecule has 0 saturated carbocycles. The predicted molar refractivity (Wildman–Crippen MR) is 79.7 cm³/mol. The molecular formula is C15H15N3O3. The average Bonchev–Trinajstić information content (AvgIpc) is 2.47. The van der Waals surface area contributed by atoms with Crippen LogP contribution < -0.4 is 5.73 Å². The Balaban J connectivity index is 2.27. The number of hydrogen-bond acceptors (Lipinski definition) is 4. The van der Waals surface area contributed by atoms with E-state index in [4.69, 9.17) is 5.73 Å². The molecule has 2 N–H and O–H groups in total. The molecule has 0 aliphatic carbocycles. The molecule has 1 amide bonds. The van der Waals surface area contributed by atoms with Gasteiger partial charge in [0.1, 0.15) is 5.56 Å². The third kappa shape index (κ3) is 3.36. The molecule has 108 valence electrons. The number of nitrogens with two attached hydrogens (primary N) is 1. The first-order chi connectivity index (χ1) is 9.99. The van der Waals surface area contributed by atoms with Crippen LogP contribution >= 0.6 is 0 Å². The number of amides is 1. The summed E-state index contributed by atoms with van der Waals surface area (Å²) in [6, 6.07) is 13.4. The topological polar surface area (TPSA) is 89.5 Å². The summed E-state index contributed by atoms with van der Waals surface area (Å²) in [6.07, 6.45) is 0. The average molecular weight is 285 g/mol. The lowest BCUT2D eigenvalue weighted by molar-refractivity contribution is -0.385. The monoisotopic (exact) mass is 285 g/mol. The Morgan fingerprint density at radius 2 is 1.90 bits per heavy atom. The van der Waals surface area contributed by atoms with Crippen LogP contribution in [0.4, 0.5) is 11.4 Å². The molecule has 0 fully saturated rings. The largest absolute Gasteiger partial charge is 0.399 e. The van der Waals surface area contributed by atoms with Crippen LogP contribution in [0.2, 0.25) is 0 Å². The zero-order chi connectivity index (χ0) is 15.4. The molecule has 2 aromatic carbocycles. The van der Waals surface area contributed by atoms with Crippen LogP contribution in [0.25, 0.3) is 0 Å². The Bertz CT molecular complexity index is 671. The summed E-state index contributed by atoms with van der Waals surface area (Å²) in [6.45, 7) is 0.367. The van der Waals surface area contributed by atoms with Gasteiger partial charge < -0.3 is 10.6 Å². The summed E-state index contributed by atoms with van der Waals surface area (Å²) in [7, 11) is 1.60. The summed E-state index contributed by atoms with van der Waals surface area (Å²) >= 11 is 0. The van der Waals surface area contributed by atoms with Gasteiger partial charge in [0.25, 0.3) is 11.6 Å². The fraction of sp³-hybridized carbons (Fsp3) is 0.133. The first kappa shape index (κ1) is 14.5. The van der Waals surface area contributed by atoms with Crippen molar-refractivity contribution in [3.05, 3.63) is 69.8 Å². The number of nitrogen functional groups attached to an aromatic ring is 1. The molecule has 21 heavy (non-hydrogen) atoms. The molecule has 0 heterocycles. The molecular weight excluding hydrogens is 270 g/mol. The number of carbonyl (C=O) groups is 1. The van der Waals surface area contributed by atoms with Crippen LogP contribution in [0.5, 0.6) is 0 Å². The van der Waals surface area contributed by atoms with Crippen molar-refractivity contribution in [1.29, 1.82) is 0 Å². The van der Waals surface area contributed by atoms with E-state index in [9.17, 15) is 14.9 Å². The van der Waals surface area contributed by atoms with Crippen molar-refractivity contribution in [2.45, 2.75) is 6.54 Å². The number of nitrogens with zero attached hydrogens (tertiary/aromatic N) is 2. The minimum atomic E-state index is -0.580. The molecule has 0 atom stereocenters. The van der Waals surface area contributed by atoms with Crippen LogP contribution in [0, 0.1) is 10.1 Å². The summed E-state index contributed by atoms with van der Waals surface area (Å²) in [5.41, 5.74) is 6.64. The maximum atomic E-state index is 12.4. The number of anilines is 1. The lowest BCUT2D eigenvalue weighted by Crippen LogP contribution is -2.27. The number of nitro benzene ring substituents is 1. The standard InChI is InChI=1S/C15H15N3O3/c1-17(10-11-5-3-2-4-6-11)15(19)13-9-12(16)7-8-14(13)18(20)21/h2-9H,10,16H2,1H3. The van der Waals surface area contributed by atoms with Crippen molar-refractivity contribution in [1.82, 2.24) is 4.90 Å². The van der Waals surface area contributed by atoms with Crippen LogP contribution in [0.1, 0.15) is 15.9 Å². The second-order valence-electron chi connectivity index (χ2n) is 4.68. The third-order valence-electron chi connectivity index (χ3n) is 3.06. The van der Waals surface area contributed by atoms with Gasteiger partial charge in [-0.3, -0.25) is 14.9 Å². The molecule has 2 aromatic rings. The molecule has 0 unspecified atom stereocenters. The summed E-state index contributed by atoms with van der Waals surface area (Å²) < 4.78 is 0. The first-order valence-corrected chi connectivity index (χ1v) is 6.32. The summed E-state index contributed by atoms with van der Waals surface area (Å²) in [5.74, 6) is -0.433. The van der Waals surface area contributed by atoms with Crippen molar-refractivity contribution in [3.63, 3.8) is 0 Å². The van der Waals surface area contributed by atoms with Crippen molar-refractivity contribution in [3.8, 4) is 0 Å². The molecule has 0 spiro atoms. The van der Waals surface area contributed by atoms with Gasteiger partial charge in [-0.1, -0.05) is 30.3 Å². The van der Waals surface area contributed by atoms with E-state index in [0.717, 1.165) is 5.56 Å². The highest BCUT2D eigenvalue weighted by Gasteiger charge is 2.23. The Labute approximate surface area is 121 Å². The van der Waals surface area contributed by atoms with Gasteiger partial charge in [0, 0.05) is 25.3 Å². The second-order valence-corrected chi connectivity index (χ2v) is 4.68. The second kappa shape index (κ2) is 6.04. The van der Waals surface area contributed by atoms with Crippen molar-refractivity contribution >= 4 is 17.3 Å². The fourth-order valence-electron chi connectivity index (χ4n) is 2.02. The van der Waals surface area contributed by atoms with Gasteiger partial charge in [-0.05, 0) is 17.7 Å². The van der Waals surface area contributed by atoms with E-state index in [0.29, 0.717) is 12.2 Å². The minimum absolute atomic E-state index is 0.00145. The van der Waals surface area contributed by atoms with Gasteiger partial charge >= 0.3 is 0 Å². The van der Waals surface area contributed by atoms with E-state index in [2.05, 4.69) is 0 Å². The van der Waals surface area contributed by atoms with Crippen molar-refractivity contribution in [2.24, 2.45) is 0 Å². The van der Waals surface area contributed by atoms with E-state index in [1.54, 1.807) is 7.05 Å². The summed E-state index contributed by atoms with van der Waals surface area (Å²) in [5, 5.41) is 11.0. The molecule has 6 heteroatoms. The smallest absolute Gasteiger partial charge is 0.282 e. The van der Waals surface area contributed by atoms with E-state index >= 15 is 0 Å². The Morgan fingerprint density at radius 1 is 1.24 bits per heavy atom. The van der Waals surface area contributed by atoms with Gasteiger partial charge in [-0.2, -0.15) is 0 Å². The molecule has 0 aliphatic rings. The van der Waals surface area contributed by atoms with Crippen LogP contribution in [-0.4, -0.2) is 22.8 Å². The van der Waals surface area contributed by atoms with E-state index < -0.39 is 10.8 Å². The molecule has 0 bridgehead atoms. The lowest BCUT2D eigenvalue weighted by Gasteiger charge is -2.17. The zero-order valence-electron chi connectivity index (χ0n) is 11.5. The summed E-state index contributed by atoms with van der Waals surface area (Å²) in [4.78, 5) is 24.3. The number of nitro groups is 1. The van der Waals surface area contributed by atoms with Gasteiger partial charge in [0.15, 0.2) is 0 Å². The number of benzene rings is 2. The Hall–Kier alpha value is -2.89. The number of hydrogen-bond donors (Lipinski definition) is 1. The van der Waals surface area contributed by atoms with Crippen molar-refractivity contribution < 1.29 is 9.72 Å². The zero-order valence-corrected chi connectivity index (χ0v) is 11.5. The minimum Gasteiger partial charge on any atom is -0.399 e. The maximum Gasteiger partial charge on any atom is 0.282 e. The predicted octanol–water partition coefficient (Wildman–Crippen LogP) is 2.45. The highest BCUT2D eigenvalue weighted by molar-refractivity contribution is 5.98. The van der Waals surface area contributed by atoms with Gasteiger partial charge in [-0.15, -0.1) is 0 Å². The van der Waals surface area contributed by atoms with Gasteiger partial charge in [-0.25, -0.2) is 0 Å². The van der Waals surface area contributed by atoms with E-state index in [1.807, 2.05) is 30.3 Å². The molecule has 0 radical (unpaired) electrons. The molecule has 6 nitrogen and oxygen atoms in total. The molecule has 0 aromatic heterocycles. The third-order valence-corrected chi connectivity index (χ3v) is 3.06. The van der Waals surface area contributed by atoms with Crippen LogP contribution in [-0.2, 0) is 6.54 Å². The maximum absolute atomic E-state index is 12.4. The molecule has 0 saturated heterocycles. The van der Waals surface area contributed by atoms with E-state index in [-0.39, 0.29) is 11.3 Å². The quantitative estimate of drug-likeness (QED) is 0.531. The van der Waals surface area contributed by atoms with Crippen molar-refractivity contribution in [2.75, 3.05) is 12.8 Å². The highest BCUT2D eigenvalue weighted by atomic mass is 16.6. The molecule has 2 rings (SSSR count). The number of rotatable bonds is 4. The SMILES string of the molecule is CN(Cc1ccccc1)C(=O)c1cc(N)ccc1[N+](=O)[O-]. The first-order valence-electron chi connectivity index (χ1n) is 6.32. The Kier molecular flexibility index (Phi) is 4.18. The number of carbonyl (C=O) groups excluding carboxylic acids is 1. The normalized spacial score (nSPS) is 10.1. The fourth-order valence-corrected chi connectivity index (χ4v) is 2.02. The van der Waals surface area contributed by atoms with Crippen LogP contribution in [0.15, 0.2) is 48.5 Å².